The van der Waals surface area contributed by atoms with Gasteiger partial charge < -0.3 is 9.80 Å². The van der Waals surface area contributed by atoms with Crippen molar-refractivity contribution in [2.75, 3.05) is 29.4 Å². The molecule has 0 unspecified atom stereocenters. The van der Waals surface area contributed by atoms with Gasteiger partial charge in [-0.05, 0) is 24.6 Å². The van der Waals surface area contributed by atoms with E-state index in [0.29, 0.717) is 24.0 Å². The van der Waals surface area contributed by atoms with Gasteiger partial charge in [-0.15, -0.1) is 0 Å². The van der Waals surface area contributed by atoms with Crippen LogP contribution in [0.5, 0.6) is 0 Å². The first-order chi connectivity index (χ1) is 11.5. The van der Waals surface area contributed by atoms with Gasteiger partial charge in [0.15, 0.2) is 11.5 Å². The Labute approximate surface area is 137 Å². The number of hydrogen-bond donors (Lipinski definition) is 0. The van der Waals surface area contributed by atoms with E-state index in [1.54, 1.807) is 6.07 Å². The molecule has 0 fully saturated rings. The zero-order valence-electron chi connectivity index (χ0n) is 13.1. The summed E-state index contributed by atoms with van der Waals surface area (Å²) in [5.74, 6) is -3.09. The number of benzene rings is 1. The lowest BCUT2D eigenvalue weighted by Gasteiger charge is -2.37. The van der Waals surface area contributed by atoms with Gasteiger partial charge in [0.2, 0.25) is 0 Å². The number of fused-ring (bicyclic) bond motifs is 1. The van der Waals surface area contributed by atoms with Gasteiger partial charge in [0.25, 0.3) is 5.91 Å². The van der Waals surface area contributed by atoms with Gasteiger partial charge in [0.05, 0.1) is 17.6 Å². The fourth-order valence-corrected chi connectivity index (χ4v) is 2.85. The highest BCUT2D eigenvalue weighted by Gasteiger charge is 2.30. The second-order valence-electron chi connectivity index (χ2n) is 5.56. The Hall–Kier alpha value is -2.57. The molecule has 0 saturated heterocycles. The van der Waals surface area contributed by atoms with Crippen LogP contribution in [0.25, 0.3) is 0 Å². The summed E-state index contributed by atoms with van der Waals surface area (Å²) in [4.78, 5) is 19.5. The van der Waals surface area contributed by atoms with E-state index in [1.807, 2.05) is 11.8 Å². The maximum absolute atomic E-state index is 13.9. The van der Waals surface area contributed by atoms with Gasteiger partial charge in [-0.25, -0.2) is 18.2 Å². The maximum atomic E-state index is 13.9. The largest absolute Gasteiger partial charge is 0.368 e. The predicted octanol–water partition coefficient (Wildman–Crippen LogP) is 3.38. The number of hydrogen-bond acceptors (Lipinski definition) is 3. The summed E-state index contributed by atoms with van der Waals surface area (Å²) >= 11 is 0. The van der Waals surface area contributed by atoms with Crippen molar-refractivity contribution in [3.8, 4) is 0 Å². The zero-order valence-corrected chi connectivity index (χ0v) is 13.1. The normalized spacial score (nSPS) is 13.8. The third-order valence-corrected chi connectivity index (χ3v) is 3.91. The number of carbonyl (C=O) groups is 1. The molecule has 0 atom stereocenters. The van der Waals surface area contributed by atoms with Crippen LogP contribution in [-0.2, 0) is 0 Å². The van der Waals surface area contributed by atoms with Gasteiger partial charge >= 0.3 is 0 Å². The molecular formula is C17H16F3N3O. The van der Waals surface area contributed by atoms with Crippen LogP contribution < -0.4 is 9.80 Å². The van der Waals surface area contributed by atoms with Gasteiger partial charge in [-0.3, -0.25) is 4.79 Å². The lowest BCUT2D eigenvalue weighted by molar-refractivity contribution is 0.0977. The molecule has 1 aliphatic rings. The number of nitrogens with zero attached hydrogens (tertiary/aromatic N) is 3. The second kappa shape index (κ2) is 6.51. The van der Waals surface area contributed by atoms with E-state index in [4.69, 9.17) is 0 Å². The summed E-state index contributed by atoms with van der Waals surface area (Å²) in [7, 11) is 0. The lowest BCUT2D eigenvalue weighted by Crippen LogP contribution is -2.45. The molecule has 0 saturated carbocycles. The summed E-state index contributed by atoms with van der Waals surface area (Å²) in [5.41, 5.74) is 0.598. The first kappa shape index (κ1) is 16.3. The highest BCUT2D eigenvalue weighted by Crippen LogP contribution is 2.34. The van der Waals surface area contributed by atoms with Crippen LogP contribution in [0.15, 0.2) is 30.5 Å². The number of aromatic nitrogens is 1. The van der Waals surface area contributed by atoms with Crippen molar-refractivity contribution >= 4 is 17.3 Å². The Kier molecular flexibility index (Phi) is 4.42. The summed E-state index contributed by atoms with van der Waals surface area (Å²) < 4.78 is 40.6. The SMILES string of the molecule is CCCN1CCN(C(=O)c2ncc(F)cc2F)c2cc(F)ccc21. The standard InChI is InChI=1S/C17H16F3N3O/c1-2-5-22-6-7-23(15-9-11(18)3-4-14(15)22)17(24)16-13(20)8-12(19)10-21-16/h3-4,8-10H,2,5-7H2,1H3. The number of halogens is 3. The molecule has 0 aliphatic carbocycles. The molecule has 0 N–H and O–H groups in total. The summed E-state index contributed by atoms with van der Waals surface area (Å²) in [6, 6.07) is 4.79. The van der Waals surface area contributed by atoms with Crippen molar-refractivity contribution in [3.05, 3.63) is 53.6 Å². The zero-order chi connectivity index (χ0) is 17.3. The van der Waals surface area contributed by atoms with Crippen molar-refractivity contribution in [2.24, 2.45) is 0 Å². The van der Waals surface area contributed by atoms with Crippen LogP contribution in [0.4, 0.5) is 24.5 Å². The Morgan fingerprint density at radius 2 is 1.92 bits per heavy atom. The molecule has 3 rings (SSSR count). The minimum Gasteiger partial charge on any atom is -0.368 e. The van der Waals surface area contributed by atoms with E-state index in [-0.39, 0.29) is 6.54 Å². The molecule has 0 spiro atoms. The summed E-state index contributed by atoms with van der Waals surface area (Å²) in [5, 5.41) is 0. The predicted molar refractivity (Wildman–Crippen MR) is 84.7 cm³/mol. The minimum absolute atomic E-state index is 0.272. The van der Waals surface area contributed by atoms with E-state index in [1.165, 1.54) is 17.0 Å². The molecular weight excluding hydrogens is 319 g/mol. The molecule has 0 radical (unpaired) electrons. The van der Waals surface area contributed by atoms with Gasteiger partial charge in [0, 0.05) is 25.7 Å². The van der Waals surface area contributed by atoms with Gasteiger partial charge in [-0.2, -0.15) is 0 Å². The Balaban J connectivity index is 2.01. The third-order valence-electron chi connectivity index (χ3n) is 3.91. The molecule has 1 aromatic heterocycles. The van der Waals surface area contributed by atoms with Gasteiger partial charge in [-0.1, -0.05) is 6.92 Å². The highest BCUT2D eigenvalue weighted by atomic mass is 19.1. The van der Waals surface area contributed by atoms with Crippen LogP contribution in [0.3, 0.4) is 0 Å². The van der Waals surface area contributed by atoms with Crippen molar-refractivity contribution in [2.45, 2.75) is 13.3 Å². The van der Waals surface area contributed by atoms with Crippen molar-refractivity contribution in [1.29, 1.82) is 0 Å². The van der Waals surface area contributed by atoms with Crippen molar-refractivity contribution in [3.63, 3.8) is 0 Å². The monoisotopic (exact) mass is 335 g/mol. The van der Waals surface area contributed by atoms with E-state index >= 15 is 0 Å². The fraction of sp³-hybridized carbons (Fsp3) is 0.294. The minimum atomic E-state index is -1.03. The van der Waals surface area contributed by atoms with E-state index in [0.717, 1.165) is 19.2 Å². The quantitative estimate of drug-likeness (QED) is 0.863. The first-order valence-corrected chi connectivity index (χ1v) is 7.68. The average molecular weight is 335 g/mol. The fourth-order valence-electron chi connectivity index (χ4n) is 2.85. The molecule has 4 nitrogen and oxygen atoms in total. The van der Waals surface area contributed by atoms with Crippen LogP contribution >= 0.6 is 0 Å². The molecule has 24 heavy (non-hydrogen) atoms. The number of amides is 1. The molecule has 1 amide bonds. The third kappa shape index (κ3) is 2.93. The van der Waals surface area contributed by atoms with Gasteiger partial charge in [0.1, 0.15) is 11.6 Å². The molecule has 1 aliphatic heterocycles. The smallest absolute Gasteiger partial charge is 0.280 e. The van der Waals surface area contributed by atoms with Crippen LogP contribution in [-0.4, -0.2) is 30.5 Å². The number of anilines is 2. The lowest BCUT2D eigenvalue weighted by atomic mass is 10.1. The summed E-state index contributed by atoms with van der Waals surface area (Å²) in [6.07, 6.45) is 1.69. The van der Waals surface area contributed by atoms with E-state index in [9.17, 15) is 18.0 Å². The first-order valence-electron chi connectivity index (χ1n) is 7.68. The topological polar surface area (TPSA) is 36.4 Å². The average Bonchev–Trinajstić information content (AvgIpc) is 2.54. The van der Waals surface area contributed by atoms with Crippen LogP contribution in [0.1, 0.15) is 23.8 Å². The molecule has 2 aromatic rings. The van der Waals surface area contributed by atoms with Crippen molar-refractivity contribution < 1.29 is 18.0 Å². The summed E-state index contributed by atoms with van der Waals surface area (Å²) in [6.45, 7) is 3.61. The maximum Gasteiger partial charge on any atom is 0.280 e. The van der Waals surface area contributed by atoms with Crippen LogP contribution in [0.2, 0.25) is 0 Å². The highest BCUT2D eigenvalue weighted by molar-refractivity contribution is 6.07. The molecule has 1 aromatic carbocycles. The van der Waals surface area contributed by atoms with E-state index in [2.05, 4.69) is 4.98 Å². The van der Waals surface area contributed by atoms with Crippen molar-refractivity contribution in [1.82, 2.24) is 4.98 Å². The Morgan fingerprint density at radius 3 is 2.62 bits per heavy atom. The number of carbonyl (C=O) groups excluding carboxylic acids is 1. The Morgan fingerprint density at radius 1 is 1.12 bits per heavy atom. The number of pyridine rings is 1. The molecule has 7 heteroatoms. The van der Waals surface area contributed by atoms with E-state index < -0.39 is 29.1 Å². The molecule has 0 bridgehead atoms. The van der Waals surface area contributed by atoms with Crippen LogP contribution in [0, 0.1) is 17.5 Å². The molecule has 2 heterocycles. The second-order valence-corrected chi connectivity index (χ2v) is 5.56. The number of rotatable bonds is 3. The Bertz CT molecular complexity index is 782. The molecule has 126 valence electrons.